The summed E-state index contributed by atoms with van der Waals surface area (Å²) in [4.78, 5) is 51.9. The summed E-state index contributed by atoms with van der Waals surface area (Å²) in [5, 5.41) is 1.83. The second-order valence-corrected chi connectivity index (χ2v) is 7.13. The van der Waals surface area contributed by atoms with Gasteiger partial charge in [0.05, 0.1) is 13.1 Å². The molecule has 136 valence electrons. The summed E-state index contributed by atoms with van der Waals surface area (Å²) in [5.74, 6) is -2.20. The van der Waals surface area contributed by atoms with E-state index in [9.17, 15) is 19.2 Å². The van der Waals surface area contributed by atoms with Crippen molar-refractivity contribution in [2.75, 3.05) is 6.54 Å². The molecule has 0 spiro atoms. The second kappa shape index (κ2) is 6.87. The highest BCUT2D eigenvalue weighted by Crippen LogP contribution is 2.21. The smallest absolute Gasteiger partial charge is 0.335 e. The van der Waals surface area contributed by atoms with Gasteiger partial charge in [0.1, 0.15) is 0 Å². The van der Waals surface area contributed by atoms with Gasteiger partial charge >= 0.3 is 17.8 Å². The van der Waals surface area contributed by atoms with Crippen LogP contribution in [0.2, 0.25) is 0 Å². The zero-order chi connectivity index (χ0) is 19.0. The van der Waals surface area contributed by atoms with Crippen molar-refractivity contribution in [3.05, 3.63) is 45.4 Å². The van der Waals surface area contributed by atoms with Crippen LogP contribution in [0.1, 0.15) is 33.5 Å². The van der Waals surface area contributed by atoms with Crippen LogP contribution in [-0.2, 0) is 22.7 Å². The normalized spacial score (nSPS) is 14.7. The van der Waals surface area contributed by atoms with Crippen molar-refractivity contribution < 1.29 is 19.2 Å². The van der Waals surface area contributed by atoms with E-state index < -0.39 is 24.4 Å². The molecule has 3 heterocycles. The Morgan fingerprint density at radius 1 is 1.12 bits per heavy atom. The number of amides is 4. The Morgan fingerprint density at radius 2 is 1.81 bits per heavy atom. The number of imide groups is 2. The molecule has 8 heteroatoms. The van der Waals surface area contributed by atoms with Gasteiger partial charge in [0.2, 0.25) is 0 Å². The quantitative estimate of drug-likeness (QED) is 0.442. The molecule has 0 N–H and O–H groups in total. The van der Waals surface area contributed by atoms with E-state index in [0.717, 1.165) is 32.6 Å². The molecule has 7 nitrogen and oxygen atoms in total. The number of carbonyl (C=O) groups excluding carboxylic acids is 4. The number of urea groups is 1. The fourth-order valence-corrected chi connectivity index (χ4v) is 3.88. The molecule has 0 bridgehead atoms. The lowest BCUT2D eigenvalue weighted by atomic mass is 10.1. The molecule has 0 aromatic carbocycles. The van der Waals surface area contributed by atoms with Crippen LogP contribution in [0.3, 0.4) is 0 Å². The van der Waals surface area contributed by atoms with Crippen molar-refractivity contribution in [3.63, 3.8) is 0 Å². The summed E-state index contributed by atoms with van der Waals surface area (Å²) < 4.78 is 1.98. The lowest BCUT2D eigenvalue weighted by Crippen LogP contribution is -2.36. The highest BCUT2D eigenvalue weighted by Gasteiger charge is 2.45. The highest BCUT2D eigenvalue weighted by molar-refractivity contribution is 7.09. The van der Waals surface area contributed by atoms with E-state index in [4.69, 9.17) is 0 Å². The number of thiophene rings is 1. The van der Waals surface area contributed by atoms with E-state index in [0.29, 0.717) is 5.56 Å². The summed E-state index contributed by atoms with van der Waals surface area (Å²) >= 11 is 1.39. The molecule has 3 rings (SSSR count). The lowest BCUT2D eigenvalue weighted by molar-refractivity contribution is -0.143. The Kier molecular flexibility index (Phi) is 4.78. The van der Waals surface area contributed by atoms with E-state index in [2.05, 4.69) is 0 Å². The molecule has 1 aliphatic rings. The first-order valence-electron chi connectivity index (χ1n) is 8.24. The van der Waals surface area contributed by atoms with E-state index in [1.807, 2.05) is 30.7 Å². The van der Waals surface area contributed by atoms with Crippen LogP contribution in [0.5, 0.6) is 0 Å². The van der Waals surface area contributed by atoms with Crippen molar-refractivity contribution >= 4 is 35.0 Å². The monoisotopic (exact) mass is 373 g/mol. The van der Waals surface area contributed by atoms with Gasteiger partial charge < -0.3 is 4.57 Å². The minimum Gasteiger partial charge on any atom is -0.349 e. The van der Waals surface area contributed by atoms with Crippen LogP contribution >= 0.6 is 11.3 Å². The second-order valence-electron chi connectivity index (χ2n) is 6.10. The number of hydrogen-bond donors (Lipinski definition) is 0. The molecular weight excluding hydrogens is 354 g/mol. The molecular formula is C18H19N3O4S. The van der Waals surface area contributed by atoms with Crippen molar-refractivity contribution in [3.8, 4) is 0 Å². The maximum absolute atomic E-state index is 12.6. The third kappa shape index (κ3) is 2.96. The first kappa shape index (κ1) is 18.1. The molecule has 1 saturated heterocycles. The van der Waals surface area contributed by atoms with Crippen LogP contribution in [-0.4, -0.2) is 44.5 Å². The molecule has 2 aromatic heterocycles. The van der Waals surface area contributed by atoms with E-state index in [1.54, 1.807) is 18.2 Å². The van der Waals surface area contributed by atoms with Crippen LogP contribution in [0, 0.1) is 13.8 Å². The Balaban J connectivity index is 1.79. The van der Waals surface area contributed by atoms with Gasteiger partial charge in [-0.1, -0.05) is 6.07 Å². The van der Waals surface area contributed by atoms with Crippen molar-refractivity contribution in [2.24, 2.45) is 0 Å². The Labute approximate surface area is 154 Å². The highest BCUT2D eigenvalue weighted by atomic mass is 32.1. The topological polar surface area (TPSA) is 79.7 Å². The number of aryl methyl sites for hydroxylation is 1. The first-order valence-corrected chi connectivity index (χ1v) is 9.12. The van der Waals surface area contributed by atoms with Crippen LogP contribution in [0.25, 0.3) is 0 Å². The molecule has 0 atom stereocenters. The Hall–Kier alpha value is -2.74. The van der Waals surface area contributed by atoms with E-state index in [1.165, 1.54) is 11.3 Å². The molecule has 4 amide bonds. The maximum atomic E-state index is 12.6. The predicted molar refractivity (Wildman–Crippen MR) is 95.9 cm³/mol. The molecule has 1 fully saturated rings. The average Bonchev–Trinajstić information content (AvgIpc) is 3.27. The summed E-state index contributed by atoms with van der Waals surface area (Å²) in [6, 6.07) is 4.59. The molecule has 26 heavy (non-hydrogen) atoms. The first-order chi connectivity index (χ1) is 12.3. The van der Waals surface area contributed by atoms with Gasteiger partial charge in [-0.3, -0.25) is 19.3 Å². The Bertz CT molecular complexity index is 898. The van der Waals surface area contributed by atoms with Gasteiger partial charge in [0.25, 0.3) is 0 Å². The predicted octanol–water partition coefficient (Wildman–Crippen LogP) is 2.36. The SMILES string of the molecule is CCn1c(C)cc(C(=O)CN2C(=O)C(=O)N(Cc3cccs3)C2=O)c1C. The zero-order valence-electron chi connectivity index (χ0n) is 14.8. The van der Waals surface area contributed by atoms with Gasteiger partial charge in [-0.2, -0.15) is 0 Å². The molecule has 0 saturated carbocycles. The minimum absolute atomic E-state index is 0.0378. The molecule has 0 aliphatic carbocycles. The van der Waals surface area contributed by atoms with Crippen LogP contribution in [0.4, 0.5) is 4.79 Å². The number of nitrogens with zero attached hydrogens (tertiary/aromatic N) is 3. The van der Waals surface area contributed by atoms with Crippen LogP contribution in [0.15, 0.2) is 23.6 Å². The van der Waals surface area contributed by atoms with Gasteiger partial charge in [-0.15, -0.1) is 11.3 Å². The number of aromatic nitrogens is 1. The van der Waals surface area contributed by atoms with Gasteiger partial charge in [-0.05, 0) is 38.3 Å². The van der Waals surface area contributed by atoms with Crippen molar-refractivity contribution in [1.82, 2.24) is 14.4 Å². The number of rotatable bonds is 6. The average molecular weight is 373 g/mol. The fourth-order valence-electron chi connectivity index (χ4n) is 3.19. The third-order valence-electron chi connectivity index (χ3n) is 4.52. The standard InChI is InChI=1S/C18H19N3O4S/c1-4-19-11(2)8-14(12(19)3)15(22)10-21-17(24)16(23)20(18(21)25)9-13-6-5-7-26-13/h5-8H,4,9-10H2,1-3H3. The summed E-state index contributed by atoms with van der Waals surface area (Å²) in [6.45, 7) is 6.02. The zero-order valence-corrected chi connectivity index (χ0v) is 15.6. The fraction of sp³-hybridized carbons (Fsp3) is 0.333. The maximum Gasteiger partial charge on any atom is 0.335 e. The van der Waals surface area contributed by atoms with Gasteiger partial charge in [0.15, 0.2) is 5.78 Å². The largest absolute Gasteiger partial charge is 0.349 e. The Morgan fingerprint density at radius 3 is 2.38 bits per heavy atom. The van der Waals surface area contributed by atoms with E-state index in [-0.39, 0.29) is 12.3 Å². The summed E-state index contributed by atoms with van der Waals surface area (Å²) in [5.41, 5.74) is 2.19. The number of hydrogen-bond acceptors (Lipinski definition) is 5. The molecule has 2 aromatic rings. The van der Waals surface area contributed by atoms with Gasteiger partial charge in [-0.25, -0.2) is 9.69 Å². The molecule has 0 unspecified atom stereocenters. The number of ketones is 1. The summed E-state index contributed by atoms with van der Waals surface area (Å²) in [6.07, 6.45) is 0. The van der Waals surface area contributed by atoms with Gasteiger partial charge in [0, 0.05) is 28.4 Å². The minimum atomic E-state index is -0.954. The third-order valence-corrected chi connectivity index (χ3v) is 5.38. The van der Waals surface area contributed by atoms with E-state index >= 15 is 0 Å². The van der Waals surface area contributed by atoms with Crippen molar-refractivity contribution in [2.45, 2.75) is 33.9 Å². The number of carbonyl (C=O) groups is 4. The molecule has 1 aliphatic heterocycles. The van der Waals surface area contributed by atoms with Crippen molar-refractivity contribution in [1.29, 1.82) is 0 Å². The summed E-state index contributed by atoms with van der Waals surface area (Å²) in [7, 11) is 0. The lowest BCUT2D eigenvalue weighted by Gasteiger charge is -2.14. The molecule has 0 radical (unpaired) electrons. The number of Topliss-reactive ketones (excluding diaryl/α,β-unsaturated/α-hetero) is 1. The van der Waals surface area contributed by atoms with Crippen LogP contribution < -0.4 is 0 Å².